The van der Waals surface area contributed by atoms with E-state index in [9.17, 15) is 17.6 Å². The average molecular weight is 554 g/mol. The molecule has 0 saturated carbocycles. The van der Waals surface area contributed by atoms with Gasteiger partial charge in [0.1, 0.15) is 5.82 Å². The lowest BCUT2D eigenvalue weighted by Crippen LogP contribution is -2.40. The van der Waals surface area contributed by atoms with Crippen molar-refractivity contribution >= 4 is 35.6 Å². The fourth-order valence-electron chi connectivity index (χ4n) is 3.15. The number of nitrogens with one attached hydrogen (secondary N) is 1. The van der Waals surface area contributed by atoms with E-state index in [0.717, 1.165) is 5.56 Å². The summed E-state index contributed by atoms with van der Waals surface area (Å²) in [6.45, 7) is 2.71. The Balaban J connectivity index is 0.00000341. The third kappa shape index (κ3) is 7.82. The van der Waals surface area contributed by atoms with Crippen LogP contribution in [0.15, 0.2) is 53.5 Å². The number of benzene rings is 2. The summed E-state index contributed by atoms with van der Waals surface area (Å²) >= 11 is 0. The zero-order valence-corrected chi connectivity index (χ0v) is 18.8. The molecule has 1 atom stereocenters. The third-order valence-corrected chi connectivity index (χ3v) is 4.55. The number of ether oxygens (including phenoxy) is 2. The van der Waals surface area contributed by atoms with Crippen LogP contribution in [-0.4, -0.2) is 50.1 Å². The number of alkyl halides is 3. The van der Waals surface area contributed by atoms with Crippen LogP contribution in [0, 0.1) is 5.82 Å². The van der Waals surface area contributed by atoms with Gasteiger partial charge in [-0.05, 0) is 29.8 Å². The highest BCUT2D eigenvalue weighted by atomic mass is 127. The Kier molecular flexibility index (Phi) is 9.32. The van der Waals surface area contributed by atoms with E-state index in [1.165, 1.54) is 30.3 Å². The Hall–Kier alpha value is -2.12. The highest BCUT2D eigenvalue weighted by Crippen LogP contribution is 2.30. The smallest absolute Gasteiger partial charge is 0.404 e. The van der Waals surface area contributed by atoms with E-state index in [-0.39, 0.29) is 54.0 Å². The molecule has 3 N–H and O–H groups in total. The lowest BCUT2D eigenvalue weighted by atomic mass is 10.0. The van der Waals surface area contributed by atoms with Crippen molar-refractivity contribution in [1.82, 2.24) is 4.90 Å². The molecule has 6 nitrogen and oxygen atoms in total. The molecule has 0 bridgehead atoms. The lowest BCUT2D eigenvalue weighted by molar-refractivity contribution is -0.274. The standard InChI is InChI=1S/C20H22F4N4O2.HI/c21-15-7-5-14(6-8-15)17(28-9-11-29-12-10-28)13-26-19(25)27-16-3-1-2-4-18(16)30-20(22,23)24;/h1-8,17H,9-13H2,(H3,25,26,27);1H. The molecule has 0 amide bonds. The highest BCUT2D eigenvalue weighted by molar-refractivity contribution is 14.0. The van der Waals surface area contributed by atoms with Gasteiger partial charge in [0.05, 0.1) is 31.5 Å². The maximum absolute atomic E-state index is 13.3. The summed E-state index contributed by atoms with van der Waals surface area (Å²) in [5, 5.41) is 2.65. The van der Waals surface area contributed by atoms with E-state index in [4.69, 9.17) is 10.5 Å². The quantitative estimate of drug-likeness (QED) is 0.243. The number of hydrogen-bond donors (Lipinski definition) is 2. The number of morpholine rings is 1. The van der Waals surface area contributed by atoms with Crippen LogP contribution in [-0.2, 0) is 4.74 Å². The predicted molar refractivity (Wildman–Crippen MR) is 120 cm³/mol. The fraction of sp³-hybridized carbons (Fsp3) is 0.350. The number of nitrogens with zero attached hydrogens (tertiary/aromatic N) is 2. The van der Waals surface area contributed by atoms with Crippen molar-refractivity contribution in [3.05, 3.63) is 59.9 Å². The van der Waals surface area contributed by atoms with Gasteiger partial charge >= 0.3 is 6.36 Å². The van der Waals surface area contributed by atoms with E-state index in [2.05, 4.69) is 19.9 Å². The van der Waals surface area contributed by atoms with E-state index >= 15 is 0 Å². The van der Waals surface area contributed by atoms with Gasteiger partial charge in [0.2, 0.25) is 0 Å². The number of anilines is 1. The topological polar surface area (TPSA) is 72.1 Å². The molecule has 3 rings (SSSR count). The zero-order valence-electron chi connectivity index (χ0n) is 16.4. The van der Waals surface area contributed by atoms with Crippen LogP contribution in [0.25, 0.3) is 0 Å². The molecule has 1 saturated heterocycles. The molecule has 1 fully saturated rings. The first-order chi connectivity index (χ1) is 14.3. The number of rotatable bonds is 6. The first-order valence-electron chi connectivity index (χ1n) is 9.31. The monoisotopic (exact) mass is 554 g/mol. The largest absolute Gasteiger partial charge is 0.573 e. The normalized spacial score (nSPS) is 16.3. The van der Waals surface area contributed by atoms with Gasteiger partial charge < -0.3 is 20.5 Å². The van der Waals surface area contributed by atoms with Gasteiger partial charge in [0.25, 0.3) is 0 Å². The molecule has 0 aromatic heterocycles. The summed E-state index contributed by atoms with van der Waals surface area (Å²) in [5.41, 5.74) is 6.82. The third-order valence-electron chi connectivity index (χ3n) is 4.55. The summed E-state index contributed by atoms with van der Waals surface area (Å²) in [7, 11) is 0. The SMILES string of the molecule is I.NC(=NCC(c1ccc(F)cc1)N1CCOCC1)Nc1ccccc1OC(F)(F)F. The van der Waals surface area contributed by atoms with Crippen molar-refractivity contribution < 1.29 is 27.0 Å². The van der Waals surface area contributed by atoms with Gasteiger partial charge in [-0.15, -0.1) is 37.1 Å². The summed E-state index contributed by atoms with van der Waals surface area (Å²) in [5.74, 6) is -0.814. The molecule has 1 unspecified atom stereocenters. The first-order valence-corrected chi connectivity index (χ1v) is 9.31. The molecule has 0 aliphatic carbocycles. The molecule has 11 heteroatoms. The molecule has 170 valence electrons. The van der Waals surface area contributed by atoms with Crippen molar-refractivity contribution in [1.29, 1.82) is 0 Å². The Morgan fingerprint density at radius 3 is 2.42 bits per heavy atom. The van der Waals surface area contributed by atoms with Gasteiger partial charge in [-0.3, -0.25) is 9.89 Å². The van der Waals surface area contributed by atoms with Crippen LogP contribution < -0.4 is 15.8 Å². The van der Waals surface area contributed by atoms with Crippen LogP contribution in [0.2, 0.25) is 0 Å². The minimum Gasteiger partial charge on any atom is -0.404 e. The Morgan fingerprint density at radius 1 is 1.13 bits per heavy atom. The minimum absolute atomic E-state index is 0. The second kappa shape index (κ2) is 11.5. The van der Waals surface area contributed by atoms with Crippen molar-refractivity contribution in [3.8, 4) is 5.75 Å². The molecule has 0 radical (unpaired) electrons. The van der Waals surface area contributed by atoms with Crippen molar-refractivity contribution in [3.63, 3.8) is 0 Å². The van der Waals surface area contributed by atoms with Gasteiger partial charge in [-0.2, -0.15) is 0 Å². The summed E-state index contributed by atoms with van der Waals surface area (Å²) < 4.78 is 60.4. The number of aliphatic imine (C=N–C) groups is 1. The predicted octanol–water partition coefficient (Wildman–Crippen LogP) is 4.14. The molecule has 1 aliphatic heterocycles. The zero-order chi connectivity index (χ0) is 21.6. The summed E-state index contributed by atoms with van der Waals surface area (Å²) in [6, 6.07) is 11.5. The molecular formula is C20H23F4IN4O2. The number of nitrogens with two attached hydrogens (primary N) is 1. The average Bonchev–Trinajstić information content (AvgIpc) is 2.71. The van der Waals surface area contributed by atoms with Crippen molar-refractivity contribution in [2.45, 2.75) is 12.4 Å². The van der Waals surface area contributed by atoms with E-state index in [1.54, 1.807) is 18.2 Å². The van der Waals surface area contributed by atoms with Crippen LogP contribution in [0.3, 0.4) is 0 Å². The number of halogens is 5. The second-order valence-electron chi connectivity index (χ2n) is 6.61. The first kappa shape index (κ1) is 25.1. The minimum atomic E-state index is -4.83. The maximum atomic E-state index is 13.3. The van der Waals surface area contributed by atoms with Crippen molar-refractivity contribution in [2.24, 2.45) is 10.7 Å². The van der Waals surface area contributed by atoms with Crippen molar-refractivity contribution in [2.75, 3.05) is 38.2 Å². The Morgan fingerprint density at radius 2 is 1.77 bits per heavy atom. The maximum Gasteiger partial charge on any atom is 0.573 e. The second-order valence-corrected chi connectivity index (χ2v) is 6.61. The van der Waals surface area contributed by atoms with Crippen LogP contribution in [0.1, 0.15) is 11.6 Å². The number of hydrogen-bond acceptors (Lipinski definition) is 4. The summed E-state index contributed by atoms with van der Waals surface area (Å²) in [4.78, 5) is 6.45. The number of guanidine groups is 1. The van der Waals surface area contributed by atoms with Gasteiger partial charge in [0.15, 0.2) is 11.7 Å². The molecule has 0 spiro atoms. The Labute approximate surface area is 194 Å². The Bertz CT molecular complexity index is 859. The van der Waals surface area contributed by atoms with E-state index in [1.807, 2.05) is 0 Å². The number of para-hydroxylation sites is 2. The van der Waals surface area contributed by atoms with Gasteiger partial charge in [-0.25, -0.2) is 4.39 Å². The molecular weight excluding hydrogens is 531 g/mol. The molecule has 2 aromatic rings. The van der Waals surface area contributed by atoms with E-state index in [0.29, 0.717) is 26.3 Å². The molecule has 1 aliphatic rings. The summed E-state index contributed by atoms with van der Waals surface area (Å²) in [6.07, 6.45) is -4.83. The van der Waals surface area contributed by atoms with Gasteiger partial charge in [-0.1, -0.05) is 24.3 Å². The van der Waals surface area contributed by atoms with E-state index < -0.39 is 12.1 Å². The van der Waals surface area contributed by atoms with Crippen LogP contribution >= 0.6 is 24.0 Å². The fourth-order valence-corrected chi connectivity index (χ4v) is 3.15. The molecule has 31 heavy (non-hydrogen) atoms. The molecule has 1 heterocycles. The highest BCUT2D eigenvalue weighted by Gasteiger charge is 2.32. The van der Waals surface area contributed by atoms with Crippen LogP contribution in [0.4, 0.5) is 23.2 Å². The lowest BCUT2D eigenvalue weighted by Gasteiger charge is -2.34. The van der Waals surface area contributed by atoms with Crippen LogP contribution in [0.5, 0.6) is 5.75 Å². The molecule has 2 aromatic carbocycles. The van der Waals surface area contributed by atoms with Gasteiger partial charge in [0, 0.05) is 13.1 Å².